The van der Waals surface area contributed by atoms with Gasteiger partial charge in [0.15, 0.2) is 11.8 Å². The van der Waals surface area contributed by atoms with Gasteiger partial charge in [-0.1, -0.05) is 6.92 Å². The molecule has 0 saturated carbocycles. The summed E-state index contributed by atoms with van der Waals surface area (Å²) in [5, 5.41) is 34.5. The van der Waals surface area contributed by atoms with E-state index in [9.17, 15) is 19.2 Å². The van der Waals surface area contributed by atoms with Crippen LogP contribution in [0.3, 0.4) is 0 Å². The monoisotopic (exact) mass is 262 g/mol. The minimum absolute atomic E-state index is 0.318. The first-order chi connectivity index (χ1) is 8.16. The summed E-state index contributed by atoms with van der Waals surface area (Å²) in [4.78, 5) is 42.5. The van der Waals surface area contributed by atoms with Gasteiger partial charge in [0.1, 0.15) is 0 Å². The van der Waals surface area contributed by atoms with Gasteiger partial charge in [0.25, 0.3) is 0 Å². The maximum absolute atomic E-state index is 10.6. The molecule has 4 N–H and O–H groups in total. The Hall–Kier alpha value is -2.12. The molecular formula is C10H14O8. The normalized spacial score (nSPS) is 10.9. The van der Waals surface area contributed by atoms with Crippen molar-refractivity contribution in [1.29, 1.82) is 0 Å². The largest absolute Gasteiger partial charge is 0.481 e. The summed E-state index contributed by atoms with van der Waals surface area (Å²) in [6.07, 6.45) is -0.635. The van der Waals surface area contributed by atoms with Crippen LogP contribution in [0.5, 0.6) is 0 Å². The molecule has 0 unspecified atom stereocenters. The van der Waals surface area contributed by atoms with Gasteiger partial charge in [-0.2, -0.15) is 0 Å². The Labute approximate surface area is 102 Å². The zero-order valence-electron chi connectivity index (χ0n) is 9.57. The molecule has 0 atom stereocenters. The van der Waals surface area contributed by atoms with E-state index >= 15 is 0 Å². The van der Waals surface area contributed by atoms with Crippen molar-refractivity contribution in [2.24, 2.45) is 17.8 Å². The van der Waals surface area contributed by atoms with Gasteiger partial charge in [0.2, 0.25) is 0 Å². The number of carbonyl (C=O) groups is 4. The van der Waals surface area contributed by atoms with Crippen molar-refractivity contribution >= 4 is 23.9 Å². The van der Waals surface area contributed by atoms with Crippen LogP contribution >= 0.6 is 0 Å². The van der Waals surface area contributed by atoms with Crippen molar-refractivity contribution in [3.8, 4) is 0 Å². The van der Waals surface area contributed by atoms with Crippen LogP contribution in [0.25, 0.3) is 0 Å². The summed E-state index contributed by atoms with van der Waals surface area (Å²) in [6, 6.07) is 0. The van der Waals surface area contributed by atoms with Crippen molar-refractivity contribution in [2.75, 3.05) is 0 Å². The number of hydrogen-bond acceptors (Lipinski definition) is 4. The van der Waals surface area contributed by atoms with Crippen LogP contribution in [0, 0.1) is 17.8 Å². The molecule has 0 amide bonds. The van der Waals surface area contributed by atoms with E-state index in [1.165, 1.54) is 6.92 Å². The fraction of sp³-hybridized carbons (Fsp3) is 0.600. The maximum Gasteiger partial charge on any atom is 0.317 e. The number of rotatable bonds is 8. The molecule has 0 aliphatic rings. The summed E-state index contributed by atoms with van der Waals surface area (Å²) in [6.45, 7) is 1.41. The average molecular weight is 262 g/mol. The standard InChI is InChI=1S/C10H14O8/c1-4(2-5(7(11)12)8(13)14)3-6(9(15)16)10(17)18/h4-6H,2-3H2,1H3,(H,11,12)(H,13,14)(H,15,16)(H,17,18). The van der Waals surface area contributed by atoms with Crippen molar-refractivity contribution in [3.63, 3.8) is 0 Å². The van der Waals surface area contributed by atoms with Crippen LogP contribution in [0.15, 0.2) is 0 Å². The van der Waals surface area contributed by atoms with Crippen LogP contribution < -0.4 is 0 Å². The van der Waals surface area contributed by atoms with E-state index < -0.39 is 41.6 Å². The molecule has 8 heteroatoms. The highest BCUT2D eigenvalue weighted by Crippen LogP contribution is 2.21. The Morgan fingerprint density at radius 2 is 0.944 bits per heavy atom. The fourth-order valence-electron chi connectivity index (χ4n) is 1.52. The average Bonchev–Trinajstić information content (AvgIpc) is 2.20. The quantitative estimate of drug-likeness (QED) is 0.445. The van der Waals surface area contributed by atoms with E-state index in [0.29, 0.717) is 0 Å². The van der Waals surface area contributed by atoms with Crippen LogP contribution in [0.1, 0.15) is 19.8 Å². The third-order valence-corrected chi connectivity index (χ3v) is 2.47. The molecular weight excluding hydrogens is 248 g/mol. The highest BCUT2D eigenvalue weighted by Gasteiger charge is 2.32. The first-order valence-corrected chi connectivity index (χ1v) is 5.08. The lowest BCUT2D eigenvalue weighted by Gasteiger charge is -2.16. The molecule has 0 fully saturated rings. The minimum atomic E-state index is -1.66. The predicted octanol–water partition coefficient (Wildman–Crippen LogP) is -0.0265. The minimum Gasteiger partial charge on any atom is -0.481 e. The second kappa shape index (κ2) is 6.58. The van der Waals surface area contributed by atoms with Crippen LogP contribution in [0.4, 0.5) is 0 Å². The Morgan fingerprint density at radius 1 is 0.722 bits per heavy atom. The van der Waals surface area contributed by atoms with Gasteiger partial charge >= 0.3 is 23.9 Å². The lowest BCUT2D eigenvalue weighted by atomic mass is 9.88. The summed E-state index contributed by atoms with van der Waals surface area (Å²) < 4.78 is 0. The molecule has 0 radical (unpaired) electrons. The van der Waals surface area contributed by atoms with Gasteiger partial charge in [-0.15, -0.1) is 0 Å². The first kappa shape index (κ1) is 15.9. The van der Waals surface area contributed by atoms with E-state index in [1.807, 2.05) is 0 Å². The molecule has 0 aromatic carbocycles. The van der Waals surface area contributed by atoms with Gasteiger partial charge < -0.3 is 20.4 Å². The van der Waals surface area contributed by atoms with E-state index in [4.69, 9.17) is 20.4 Å². The van der Waals surface area contributed by atoms with Crippen LogP contribution in [-0.2, 0) is 19.2 Å². The first-order valence-electron chi connectivity index (χ1n) is 5.08. The van der Waals surface area contributed by atoms with Gasteiger partial charge in [-0.25, -0.2) is 0 Å². The Morgan fingerprint density at radius 3 is 1.11 bits per heavy atom. The van der Waals surface area contributed by atoms with E-state index in [1.54, 1.807) is 0 Å². The molecule has 0 spiro atoms. The molecule has 0 bridgehead atoms. The molecule has 0 aromatic rings. The Balaban J connectivity index is 4.61. The Bertz CT molecular complexity index is 299. The molecule has 0 heterocycles. The van der Waals surface area contributed by atoms with E-state index in [2.05, 4.69) is 0 Å². The predicted molar refractivity (Wildman–Crippen MR) is 55.9 cm³/mol. The molecule has 8 nitrogen and oxygen atoms in total. The number of aliphatic carboxylic acids is 4. The smallest absolute Gasteiger partial charge is 0.317 e. The van der Waals surface area contributed by atoms with Crippen molar-refractivity contribution in [3.05, 3.63) is 0 Å². The third-order valence-electron chi connectivity index (χ3n) is 2.47. The molecule has 0 aromatic heterocycles. The maximum atomic E-state index is 10.6. The zero-order chi connectivity index (χ0) is 14.5. The van der Waals surface area contributed by atoms with Gasteiger partial charge in [0.05, 0.1) is 0 Å². The molecule has 0 aliphatic heterocycles. The van der Waals surface area contributed by atoms with Crippen LogP contribution in [0.2, 0.25) is 0 Å². The molecule has 0 rings (SSSR count). The van der Waals surface area contributed by atoms with Gasteiger partial charge in [0, 0.05) is 0 Å². The second-order valence-electron chi connectivity index (χ2n) is 4.03. The number of carboxylic acid groups (broad SMARTS) is 4. The zero-order valence-corrected chi connectivity index (χ0v) is 9.57. The lowest BCUT2D eigenvalue weighted by Crippen LogP contribution is -2.29. The van der Waals surface area contributed by atoms with Crippen molar-refractivity contribution in [1.82, 2.24) is 0 Å². The summed E-state index contributed by atoms with van der Waals surface area (Å²) >= 11 is 0. The second-order valence-corrected chi connectivity index (χ2v) is 4.03. The fourth-order valence-corrected chi connectivity index (χ4v) is 1.52. The van der Waals surface area contributed by atoms with E-state index in [0.717, 1.165) is 0 Å². The molecule has 18 heavy (non-hydrogen) atoms. The number of hydrogen-bond donors (Lipinski definition) is 4. The molecule has 102 valence electrons. The van der Waals surface area contributed by atoms with Crippen LogP contribution in [-0.4, -0.2) is 44.3 Å². The Kier molecular flexibility index (Phi) is 5.80. The topological polar surface area (TPSA) is 149 Å². The summed E-state index contributed by atoms with van der Waals surface area (Å²) in [7, 11) is 0. The molecule has 0 aliphatic carbocycles. The highest BCUT2D eigenvalue weighted by atomic mass is 16.4. The highest BCUT2D eigenvalue weighted by molar-refractivity contribution is 5.93. The third kappa shape index (κ3) is 4.81. The van der Waals surface area contributed by atoms with Crippen molar-refractivity contribution in [2.45, 2.75) is 19.8 Å². The van der Waals surface area contributed by atoms with E-state index in [-0.39, 0.29) is 12.8 Å². The number of carboxylic acids is 4. The lowest BCUT2D eigenvalue weighted by molar-refractivity contribution is -0.155. The SMILES string of the molecule is CC(CC(C(=O)O)C(=O)O)CC(C(=O)O)C(=O)O. The van der Waals surface area contributed by atoms with Gasteiger partial charge in [-0.3, -0.25) is 19.2 Å². The summed E-state index contributed by atoms with van der Waals surface area (Å²) in [5.41, 5.74) is 0. The molecule has 0 saturated heterocycles. The van der Waals surface area contributed by atoms with Gasteiger partial charge in [-0.05, 0) is 18.8 Å². The summed E-state index contributed by atoms with van der Waals surface area (Å²) in [5.74, 6) is -10.1. The van der Waals surface area contributed by atoms with Crippen molar-refractivity contribution < 1.29 is 39.6 Å².